The third-order valence-corrected chi connectivity index (χ3v) is 6.37. The van der Waals surface area contributed by atoms with E-state index in [1.807, 2.05) is 35.0 Å². The van der Waals surface area contributed by atoms with Crippen molar-refractivity contribution in [3.05, 3.63) is 74.6 Å². The van der Waals surface area contributed by atoms with Gasteiger partial charge in [-0.2, -0.15) is 5.10 Å². The van der Waals surface area contributed by atoms with E-state index in [-0.39, 0.29) is 18.6 Å². The Balaban J connectivity index is 1.48. The number of esters is 1. The molecule has 0 aliphatic carbocycles. The van der Waals surface area contributed by atoms with Crippen molar-refractivity contribution in [3.63, 3.8) is 0 Å². The van der Waals surface area contributed by atoms with E-state index in [0.717, 1.165) is 15.5 Å². The minimum atomic E-state index is -0.577. The van der Waals surface area contributed by atoms with Crippen LogP contribution in [0.25, 0.3) is 0 Å². The Hall–Kier alpha value is -2.97. The van der Waals surface area contributed by atoms with E-state index in [4.69, 9.17) is 9.47 Å². The van der Waals surface area contributed by atoms with Gasteiger partial charge in [0.15, 0.2) is 6.61 Å². The molecule has 0 spiro atoms. The minimum Gasteiger partial charge on any atom is -0.497 e. The Morgan fingerprint density at radius 1 is 1.14 bits per heavy atom. The molecule has 0 saturated heterocycles. The molecule has 0 bridgehead atoms. The van der Waals surface area contributed by atoms with Crippen LogP contribution >= 0.6 is 22.7 Å². The lowest BCUT2D eigenvalue weighted by Gasteiger charge is -2.20. The van der Waals surface area contributed by atoms with Gasteiger partial charge in [-0.05, 0) is 41.1 Å². The summed E-state index contributed by atoms with van der Waals surface area (Å²) in [5.74, 6) is -0.383. The van der Waals surface area contributed by atoms with Crippen LogP contribution in [-0.2, 0) is 9.53 Å². The van der Waals surface area contributed by atoms with E-state index >= 15 is 0 Å². The maximum absolute atomic E-state index is 12.8. The Morgan fingerprint density at radius 2 is 1.97 bits per heavy atom. The summed E-state index contributed by atoms with van der Waals surface area (Å²) in [7, 11) is 1.52. The standard InChI is InChI=1S/C21H18N2O4S2/c1-26-15-6-2-5-14(11-15)21(25)27-13-20(24)23-17(19-8-4-10-29-19)12-16(22-23)18-7-3-9-28-18/h2-11,17H,12-13H2,1H3. The Kier molecular flexibility index (Phi) is 5.73. The fourth-order valence-corrected chi connectivity index (χ4v) is 4.59. The van der Waals surface area contributed by atoms with Crippen LogP contribution in [0.4, 0.5) is 0 Å². The molecule has 148 valence electrons. The molecule has 1 unspecified atom stereocenters. The van der Waals surface area contributed by atoms with Crippen molar-refractivity contribution in [2.24, 2.45) is 5.10 Å². The molecular weight excluding hydrogens is 408 g/mol. The molecule has 8 heteroatoms. The second kappa shape index (κ2) is 8.59. The summed E-state index contributed by atoms with van der Waals surface area (Å²) < 4.78 is 10.4. The predicted molar refractivity (Wildman–Crippen MR) is 113 cm³/mol. The van der Waals surface area contributed by atoms with Crippen LogP contribution in [0.3, 0.4) is 0 Å². The maximum atomic E-state index is 12.8. The predicted octanol–water partition coefficient (Wildman–Crippen LogP) is 4.35. The largest absolute Gasteiger partial charge is 0.497 e. The van der Waals surface area contributed by atoms with Crippen LogP contribution in [0.5, 0.6) is 5.75 Å². The Bertz CT molecular complexity index is 1030. The fourth-order valence-electron chi connectivity index (χ4n) is 3.06. The molecule has 3 aromatic rings. The number of carbonyl (C=O) groups excluding carboxylic acids is 2. The van der Waals surface area contributed by atoms with E-state index in [2.05, 4.69) is 5.10 Å². The van der Waals surface area contributed by atoms with Crippen LogP contribution < -0.4 is 4.74 Å². The highest BCUT2D eigenvalue weighted by Crippen LogP contribution is 2.35. The number of hydrogen-bond donors (Lipinski definition) is 0. The molecule has 0 saturated carbocycles. The maximum Gasteiger partial charge on any atom is 0.338 e. The van der Waals surface area contributed by atoms with Gasteiger partial charge in [-0.25, -0.2) is 9.80 Å². The van der Waals surface area contributed by atoms with E-state index < -0.39 is 5.97 Å². The summed E-state index contributed by atoms with van der Waals surface area (Å²) in [5, 5.41) is 9.96. The number of thiophene rings is 2. The number of hydrogen-bond acceptors (Lipinski definition) is 7. The normalized spacial score (nSPS) is 15.8. The van der Waals surface area contributed by atoms with Gasteiger partial charge < -0.3 is 9.47 Å². The number of benzene rings is 1. The first-order valence-electron chi connectivity index (χ1n) is 8.93. The Morgan fingerprint density at radius 3 is 2.69 bits per heavy atom. The molecule has 0 N–H and O–H groups in total. The highest BCUT2D eigenvalue weighted by atomic mass is 32.1. The number of ether oxygens (including phenoxy) is 2. The molecule has 1 aliphatic heterocycles. The summed E-state index contributed by atoms with van der Waals surface area (Å²) in [6.45, 7) is -0.376. The number of carbonyl (C=O) groups is 2. The highest BCUT2D eigenvalue weighted by Gasteiger charge is 2.34. The smallest absolute Gasteiger partial charge is 0.338 e. The van der Waals surface area contributed by atoms with E-state index in [1.54, 1.807) is 46.9 Å². The zero-order valence-corrected chi connectivity index (χ0v) is 17.2. The van der Waals surface area contributed by atoms with Crippen molar-refractivity contribution in [2.45, 2.75) is 12.5 Å². The van der Waals surface area contributed by atoms with Crippen LogP contribution in [0.2, 0.25) is 0 Å². The first-order valence-corrected chi connectivity index (χ1v) is 10.7. The second-order valence-electron chi connectivity index (χ2n) is 6.31. The van der Waals surface area contributed by atoms with E-state index in [0.29, 0.717) is 17.7 Å². The average molecular weight is 427 g/mol. The van der Waals surface area contributed by atoms with Gasteiger partial charge >= 0.3 is 5.97 Å². The van der Waals surface area contributed by atoms with Crippen molar-refractivity contribution in [3.8, 4) is 5.75 Å². The molecule has 4 rings (SSSR count). The van der Waals surface area contributed by atoms with Crippen LogP contribution in [0, 0.1) is 0 Å². The van der Waals surface area contributed by atoms with Gasteiger partial charge in [0.25, 0.3) is 5.91 Å². The molecule has 0 radical (unpaired) electrons. The molecule has 1 aliphatic rings. The van der Waals surface area contributed by atoms with Crippen molar-refractivity contribution < 1.29 is 19.1 Å². The Labute approximate surface area is 176 Å². The van der Waals surface area contributed by atoms with Crippen LogP contribution in [0.1, 0.15) is 32.6 Å². The van der Waals surface area contributed by atoms with Gasteiger partial charge in [-0.1, -0.05) is 18.2 Å². The molecule has 0 fully saturated rings. The van der Waals surface area contributed by atoms with Gasteiger partial charge in [0.1, 0.15) is 5.75 Å². The van der Waals surface area contributed by atoms with Gasteiger partial charge in [-0.15, -0.1) is 22.7 Å². The molecule has 3 heterocycles. The lowest BCUT2D eigenvalue weighted by atomic mass is 10.1. The zero-order valence-electron chi connectivity index (χ0n) is 15.6. The number of amides is 1. The van der Waals surface area contributed by atoms with E-state index in [9.17, 15) is 9.59 Å². The summed E-state index contributed by atoms with van der Waals surface area (Å²) >= 11 is 3.17. The number of hydrazone groups is 1. The summed E-state index contributed by atoms with van der Waals surface area (Å²) in [6, 6.07) is 14.3. The van der Waals surface area contributed by atoms with Gasteiger partial charge in [0.2, 0.25) is 0 Å². The third kappa shape index (κ3) is 4.23. The zero-order chi connectivity index (χ0) is 20.2. The number of nitrogens with zero attached hydrogens (tertiary/aromatic N) is 2. The van der Waals surface area contributed by atoms with Crippen molar-refractivity contribution in [2.75, 3.05) is 13.7 Å². The highest BCUT2D eigenvalue weighted by molar-refractivity contribution is 7.12. The van der Waals surface area contributed by atoms with Crippen molar-refractivity contribution >= 4 is 40.3 Å². The van der Waals surface area contributed by atoms with Crippen molar-refractivity contribution in [1.82, 2.24) is 5.01 Å². The lowest BCUT2D eigenvalue weighted by Crippen LogP contribution is -2.31. The summed E-state index contributed by atoms with van der Waals surface area (Å²) in [5.41, 5.74) is 1.20. The monoisotopic (exact) mass is 426 g/mol. The summed E-state index contributed by atoms with van der Waals surface area (Å²) in [4.78, 5) is 27.2. The molecule has 1 amide bonds. The summed E-state index contributed by atoms with van der Waals surface area (Å²) in [6.07, 6.45) is 0.636. The SMILES string of the molecule is COc1cccc(C(=O)OCC(=O)N2N=C(c3cccs3)CC2c2cccs2)c1. The fraction of sp³-hybridized carbons (Fsp3) is 0.190. The quantitative estimate of drug-likeness (QED) is 0.550. The molecule has 6 nitrogen and oxygen atoms in total. The number of methoxy groups -OCH3 is 1. The van der Waals surface area contributed by atoms with Gasteiger partial charge in [0.05, 0.1) is 29.3 Å². The van der Waals surface area contributed by atoms with Crippen molar-refractivity contribution in [1.29, 1.82) is 0 Å². The average Bonchev–Trinajstić information content (AvgIpc) is 3.51. The number of rotatable bonds is 6. The second-order valence-corrected chi connectivity index (χ2v) is 8.23. The van der Waals surface area contributed by atoms with Crippen LogP contribution in [0.15, 0.2) is 64.4 Å². The van der Waals surface area contributed by atoms with Crippen LogP contribution in [-0.4, -0.2) is 36.3 Å². The van der Waals surface area contributed by atoms with E-state index in [1.165, 1.54) is 12.1 Å². The lowest BCUT2D eigenvalue weighted by molar-refractivity contribution is -0.136. The molecule has 29 heavy (non-hydrogen) atoms. The topological polar surface area (TPSA) is 68.2 Å². The first-order chi connectivity index (χ1) is 14.2. The minimum absolute atomic E-state index is 0.185. The molecule has 2 aromatic heterocycles. The third-order valence-electron chi connectivity index (χ3n) is 4.48. The van der Waals surface area contributed by atoms with Gasteiger partial charge in [-0.3, -0.25) is 4.79 Å². The molecule has 1 atom stereocenters. The molecular formula is C21H18N2O4S2. The first kappa shape index (κ1) is 19.4. The van der Waals surface area contributed by atoms with Gasteiger partial charge in [0, 0.05) is 11.3 Å². The molecule has 1 aromatic carbocycles.